The lowest BCUT2D eigenvalue weighted by Gasteiger charge is -2.03. The van der Waals surface area contributed by atoms with E-state index in [1.54, 1.807) is 10.9 Å². The van der Waals surface area contributed by atoms with Crippen LogP contribution in [0.15, 0.2) is 6.20 Å². The Kier molecular flexibility index (Phi) is 4.32. The normalized spacial score (nSPS) is 9.94. The predicted octanol–water partition coefficient (Wildman–Crippen LogP) is -1.12. The first-order valence-corrected chi connectivity index (χ1v) is 5.19. The average Bonchev–Trinajstić information content (AvgIpc) is 2.65. The second-order valence-corrected chi connectivity index (χ2v) is 3.34. The fourth-order valence-corrected chi connectivity index (χ4v) is 1.22. The number of nitrogens with one attached hydrogen (secondary N) is 2. The lowest BCUT2D eigenvalue weighted by atomic mass is 10.3. The fraction of sp³-hybridized carbons (Fsp3) is 0.444. The minimum atomic E-state index is -0.631. The zero-order chi connectivity index (χ0) is 12.8. The minimum Gasteiger partial charge on any atom is -0.396 e. The monoisotopic (exact) mass is 240 g/mol. The van der Waals surface area contributed by atoms with E-state index in [9.17, 15) is 9.59 Å². The van der Waals surface area contributed by atoms with Crippen LogP contribution >= 0.6 is 0 Å². The summed E-state index contributed by atoms with van der Waals surface area (Å²) in [5.74, 6) is -0.374. The SMILES string of the molecule is CCn1cc(N)c(C(=O)NCCNC(N)=O)n1. The molecule has 0 atom stereocenters. The second kappa shape index (κ2) is 5.73. The number of hydrogen-bond acceptors (Lipinski definition) is 4. The highest BCUT2D eigenvalue weighted by Crippen LogP contribution is 2.08. The highest BCUT2D eigenvalue weighted by molar-refractivity contribution is 5.97. The van der Waals surface area contributed by atoms with Gasteiger partial charge in [-0.25, -0.2) is 4.79 Å². The fourth-order valence-electron chi connectivity index (χ4n) is 1.22. The number of aromatic nitrogens is 2. The van der Waals surface area contributed by atoms with Crippen molar-refractivity contribution in [3.63, 3.8) is 0 Å². The molecule has 0 saturated heterocycles. The summed E-state index contributed by atoms with van der Waals surface area (Å²) >= 11 is 0. The molecule has 94 valence electrons. The maximum atomic E-state index is 11.6. The third kappa shape index (κ3) is 3.67. The van der Waals surface area contributed by atoms with Crippen LogP contribution in [-0.2, 0) is 6.54 Å². The van der Waals surface area contributed by atoms with Crippen molar-refractivity contribution < 1.29 is 9.59 Å². The van der Waals surface area contributed by atoms with Crippen molar-refractivity contribution in [1.29, 1.82) is 0 Å². The van der Waals surface area contributed by atoms with Crippen LogP contribution in [-0.4, -0.2) is 34.8 Å². The van der Waals surface area contributed by atoms with Crippen molar-refractivity contribution in [2.24, 2.45) is 5.73 Å². The van der Waals surface area contributed by atoms with Crippen LogP contribution < -0.4 is 22.1 Å². The number of anilines is 1. The number of aryl methyl sites for hydroxylation is 1. The molecule has 0 aromatic carbocycles. The van der Waals surface area contributed by atoms with Crippen molar-refractivity contribution in [2.45, 2.75) is 13.5 Å². The maximum absolute atomic E-state index is 11.6. The molecule has 0 radical (unpaired) electrons. The topological polar surface area (TPSA) is 128 Å². The highest BCUT2D eigenvalue weighted by atomic mass is 16.2. The van der Waals surface area contributed by atoms with Gasteiger partial charge in [0.15, 0.2) is 5.69 Å². The smallest absolute Gasteiger partial charge is 0.312 e. The Labute approximate surface area is 98.3 Å². The molecule has 0 fully saturated rings. The molecule has 3 amide bonds. The standard InChI is InChI=1S/C9H16N6O2/c1-2-15-5-6(10)7(14-15)8(16)12-3-4-13-9(11)17/h5H,2-4,10H2,1H3,(H,12,16)(H3,11,13,17). The summed E-state index contributed by atoms with van der Waals surface area (Å²) in [6.45, 7) is 3.06. The third-order valence-corrected chi connectivity index (χ3v) is 2.04. The van der Waals surface area contributed by atoms with Gasteiger partial charge in [-0.15, -0.1) is 0 Å². The molecule has 0 aliphatic heterocycles. The summed E-state index contributed by atoms with van der Waals surface area (Å²) in [6, 6.07) is -0.631. The summed E-state index contributed by atoms with van der Waals surface area (Å²) in [5, 5.41) is 8.93. The zero-order valence-corrected chi connectivity index (χ0v) is 9.56. The molecule has 6 N–H and O–H groups in total. The molecular formula is C9H16N6O2. The second-order valence-electron chi connectivity index (χ2n) is 3.34. The number of amides is 3. The molecule has 0 aliphatic carbocycles. The van der Waals surface area contributed by atoms with E-state index in [1.165, 1.54) is 0 Å². The summed E-state index contributed by atoms with van der Waals surface area (Å²) in [5.41, 5.74) is 11.0. The summed E-state index contributed by atoms with van der Waals surface area (Å²) in [7, 11) is 0. The molecule has 0 bridgehead atoms. The molecule has 1 heterocycles. The first-order valence-electron chi connectivity index (χ1n) is 5.19. The lowest BCUT2D eigenvalue weighted by molar-refractivity contribution is 0.0949. The van der Waals surface area contributed by atoms with Crippen LogP contribution in [0.3, 0.4) is 0 Å². The van der Waals surface area contributed by atoms with Crippen molar-refractivity contribution in [3.05, 3.63) is 11.9 Å². The molecule has 0 aliphatic rings. The predicted molar refractivity (Wildman–Crippen MR) is 62.2 cm³/mol. The zero-order valence-electron chi connectivity index (χ0n) is 9.56. The Balaban J connectivity index is 2.46. The molecular weight excluding hydrogens is 224 g/mol. The number of nitrogens with two attached hydrogens (primary N) is 2. The van der Waals surface area contributed by atoms with Gasteiger partial charge in [-0.3, -0.25) is 9.48 Å². The van der Waals surface area contributed by atoms with Crippen LogP contribution in [0.4, 0.5) is 10.5 Å². The number of primary amides is 1. The van der Waals surface area contributed by atoms with Gasteiger partial charge in [-0.1, -0.05) is 0 Å². The van der Waals surface area contributed by atoms with E-state index in [4.69, 9.17) is 11.5 Å². The van der Waals surface area contributed by atoms with Gasteiger partial charge >= 0.3 is 6.03 Å². The molecule has 0 unspecified atom stereocenters. The Bertz CT molecular complexity index is 414. The van der Waals surface area contributed by atoms with Crippen molar-refractivity contribution in [1.82, 2.24) is 20.4 Å². The first kappa shape index (κ1) is 12.8. The van der Waals surface area contributed by atoms with Gasteiger partial charge < -0.3 is 22.1 Å². The Morgan fingerprint density at radius 3 is 2.59 bits per heavy atom. The van der Waals surface area contributed by atoms with Crippen molar-refractivity contribution >= 4 is 17.6 Å². The molecule has 1 rings (SSSR count). The number of urea groups is 1. The van der Waals surface area contributed by atoms with Gasteiger partial charge in [0.2, 0.25) is 0 Å². The van der Waals surface area contributed by atoms with Gasteiger partial charge in [0.05, 0.1) is 5.69 Å². The van der Waals surface area contributed by atoms with Gasteiger partial charge in [0, 0.05) is 25.8 Å². The number of nitrogens with zero attached hydrogens (tertiary/aromatic N) is 2. The van der Waals surface area contributed by atoms with E-state index in [1.807, 2.05) is 6.92 Å². The Morgan fingerprint density at radius 2 is 2.06 bits per heavy atom. The van der Waals surface area contributed by atoms with Gasteiger partial charge in [0.1, 0.15) is 0 Å². The molecule has 17 heavy (non-hydrogen) atoms. The molecule has 0 spiro atoms. The molecule has 8 nitrogen and oxygen atoms in total. The van der Waals surface area contributed by atoms with E-state index in [0.717, 1.165) is 0 Å². The molecule has 1 aromatic heterocycles. The first-order chi connectivity index (χ1) is 8.04. The van der Waals surface area contributed by atoms with E-state index in [-0.39, 0.29) is 24.7 Å². The maximum Gasteiger partial charge on any atom is 0.312 e. The van der Waals surface area contributed by atoms with Gasteiger partial charge in [-0.2, -0.15) is 5.10 Å². The van der Waals surface area contributed by atoms with Gasteiger partial charge in [-0.05, 0) is 6.92 Å². The van der Waals surface area contributed by atoms with Crippen molar-refractivity contribution in [3.8, 4) is 0 Å². The van der Waals surface area contributed by atoms with Crippen LogP contribution in [0.25, 0.3) is 0 Å². The summed E-state index contributed by atoms with van der Waals surface area (Å²) in [6.07, 6.45) is 1.59. The quantitative estimate of drug-likeness (QED) is 0.486. The minimum absolute atomic E-state index is 0.186. The van der Waals surface area contributed by atoms with Gasteiger partial charge in [0.25, 0.3) is 5.91 Å². The van der Waals surface area contributed by atoms with Crippen molar-refractivity contribution in [2.75, 3.05) is 18.8 Å². The molecule has 0 saturated carbocycles. The number of carbonyl (C=O) groups is 2. The largest absolute Gasteiger partial charge is 0.396 e. The van der Waals surface area contributed by atoms with E-state index >= 15 is 0 Å². The average molecular weight is 240 g/mol. The lowest BCUT2D eigenvalue weighted by Crippen LogP contribution is -2.37. The number of nitrogen functional groups attached to an aromatic ring is 1. The highest BCUT2D eigenvalue weighted by Gasteiger charge is 2.13. The summed E-state index contributed by atoms with van der Waals surface area (Å²) in [4.78, 5) is 22.0. The van der Waals surface area contributed by atoms with E-state index in [2.05, 4.69) is 15.7 Å². The number of hydrogen-bond donors (Lipinski definition) is 4. The van der Waals surface area contributed by atoms with Crippen LogP contribution in [0.5, 0.6) is 0 Å². The van der Waals surface area contributed by atoms with E-state index in [0.29, 0.717) is 12.2 Å². The number of rotatable bonds is 5. The summed E-state index contributed by atoms with van der Waals surface area (Å²) < 4.78 is 1.58. The van der Waals surface area contributed by atoms with Crippen LogP contribution in [0, 0.1) is 0 Å². The van der Waals surface area contributed by atoms with Crippen LogP contribution in [0.2, 0.25) is 0 Å². The Morgan fingerprint density at radius 1 is 1.41 bits per heavy atom. The molecule has 8 heteroatoms. The number of carbonyl (C=O) groups excluding carboxylic acids is 2. The van der Waals surface area contributed by atoms with Crippen LogP contribution in [0.1, 0.15) is 17.4 Å². The Hall–Kier alpha value is -2.25. The third-order valence-electron chi connectivity index (χ3n) is 2.04. The molecule has 1 aromatic rings. The van der Waals surface area contributed by atoms with E-state index < -0.39 is 6.03 Å².